The van der Waals surface area contributed by atoms with Gasteiger partial charge >= 0.3 is 0 Å². The van der Waals surface area contributed by atoms with Gasteiger partial charge in [-0.15, -0.1) is 0 Å². The second kappa shape index (κ2) is 5.13. The van der Waals surface area contributed by atoms with Crippen molar-refractivity contribution >= 4 is 27.9 Å². The molecule has 0 aliphatic carbocycles. The Hall–Kier alpha value is -2.81. The third-order valence-electron chi connectivity index (χ3n) is 4.52. The molecule has 3 heteroatoms. The highest BCUT2D eigenvalue weighted by Crippen LogP contribution is 2.39. The van der Waals surface area contributed by atoms with Crippen LogP contribution in [-0.4, -0.2) is 26.5 Å². The summed E-state index contributed by atoms with van der Waals surface area (Å²) < 4.78 is 0. The van der Waals surface area contributed by atoms with E-state index in [4.69, 9.17) is 0 Å². The lowest BCUT2D eigenvalue weighted by Crippen LogP contribution is -2.36. The van der Waals surface area contributed by atoms with Gasteiger partial charge in [0.15, 0.2) is 5.78 Å². The highest BCUT2D eigenvalue weighted by atomic mass is 16.1. The van der Waals surface area contributed by atoms with Crippen LogP contribution in [0.15, 0.2) is 60.7 Å². The maximum Gasteiger partial charge on any atom is 0.193 e. The van der Waals surface area contributed by atoms with Gasteiger partial charge in [0.1, 0.15) is 0 Å². The molecule has 0 fully saturated rings. The second-order valence-electron chi connectivity index (χ2n) is 6.06. The molecule has 0 bridgehead atoms. The van der Waals surface area contributed by atoms with Gasteiger partial charge < -0.3 is 9.80 Å². The van der Waals surface area contributed by atoms with Crippen LogP contribution in [0.5, 0.6) is 0 Å². The number of nitrogens with zero attached hydrogens (tertiary/aromatic N) is 2. The van der Waals surface area contributed by atoms with Crippen LogP contribution in [0.25, 0.3) is 10.8 Å². The lowest BCUT2D eigenvalue weighted by Gasteiger charge is -2.35. The Bertz CT molecular complexity index is 888. The van der Waals surface area contributed by atoms with E-state index in [1.165, 1.54) is 11.4 Å². The zero-order valence-electron chi connectivity index (χ0n) is 13.3. The van der Waals surface area contributed by atoms with Crippen molar-refractivity contribution < 1.29 is 4.79 Å². The number of anilines is 2. The number of carbonyl (C=O) groups excluding carboxylic acids is 1. The summed E-state index contributed by atoms with van der Waals surface area (Å²) in [6, 6.07) is 19.7. The molecule has 23 heavy (non-hydrogen) atoms. The van der Waals surface area contributed by atoms with Gasteiger partial charge in [0.25, 0.3) is 0 Å². The minimum absolute atomic E-state index is 0.0742. The molecule has 1 aliphatic heterocycles. The van der Waals surface area contributed by atoms with Crippen LogP contribution in [0.1, 0.15) is 15.9 Å². The molecule has 0 N–H and O–H groups in total. The molecule has 0 saturated carbocycles. The Kier molecular flexibility index (Phi) is 3.08. The van der Waals surface area contributed by atoms with Crippen LogP contribution < -0.4 is 9.80 Å². The fourth-order valence-corrected chi connectivity index (χ4v) is 3.42. The Balaban J connectivity index is 1.98. The Morgan fingerprint density at radius 2 is 1.52 bits per heavy atom. The highest BCUT2D eigenvalue weighted by Gasteiger charge is 2.22. The van der Waals surface area contributed by atoms with Gasteiger partial charge in [-0.1, -0.05) is 42.5 Å². The number of rotatable bonds is 2. The van der Waals surface area contributed by atoms with E-state index >= 15 is 0 Å². The van der Waals surface area contributed by atoms with E-state index in [0.29, 0.717) is 0 Å². The summed E-state index contributed by atoms with van der Waals surface area (Å²) in [7, 11) is 4.17. The topological polar surface area (TPSA) is 23.6 Å². The van der Waals surface area contributed by atoms with Crippen molar-refractivity contribution in [3.63, 3.8) is 0 Å². The SMILES string of the molecule is CN1CN(C)c2ccc(C(=O)c3ccccc3)c3cccc1c23. The number of ketones is 1. The summed E-state index contributed by atoms with van der Waals surface area (Å²) in [4.78, 5) is 17.4. The van der Waals surface area contributed by atoms with Crippen molar-refractivity contribution in [1.29, 1.82) is 0 Å². The van der Waals surface area contributed by atoms with Gasteiger partial charge in [-0.3, -0.25) is 4.79 Å². The first-order valence-electron chi connectivity index (χ1n) is 7.74. The molecule has 0 unspecified atom stereocenters. The van der Waals surface area contributed by atoms with E-state index in [1.807, 2.05) is 48.5 Å². The zero-order chi connectivity index (χ0) is 16.0. The predicted octanol–water partition coefficient (Wildman–Crippen LogP) is 3.91. The Labute approximate surface area is 135 Å². The van der Waals surface area contributed by atoms with Crippen molar-refractivity contribution in [2.24, 2.45) is 0 Å². The maximum absolute atomic E-state index is 12.9. The fraction of sp³-hybridized carbons (Fsp3) is 0.150. The minimum atomic E-state index is 0.0742. The van der Waals surface area contributed by atoms with Crippen LogP contribution in [0, 0.1) is 0 Å². The van der Waals surface area contributed by atoms with E-state index < -0.39 is 0 Å². The average Bonchev–Trinajstić information content (AvgIpc) is 2.59. The molecule has 1 aliphatic rings. The molecule has 0 atom stereocenters. The van der Waals surface area contributed by atoms with Crippen molar-refractivity contribution in [1.82, 2.24) is 0 Å². The largest absolute Gasteiger partial charge is 0.356 e. The van der Waals surface area contributed by atoms with Crippen molar-refractivity contribution in [2.75, 3.05) is 30.6 Å². The van der Waals surface area contributed by atoms with Gasteiger partial charge in [-0.25, -0.2) is 0 Å². The van der Waals surface area contributed by atoms with Crippen LogP contribution >= 0.6 is 0 Å². The van der Waals surface area contributed by atoms with Crippen molar-refractivity contribution in [3.05, 3.63) is 71.8 Å². The van der Waals surface area contributed by atoms with E-state index in [1.54, 1.807) is 0 Å². The molecule has 3 nitrogen and oxygen atoms in total. The molecular formula is C20H18N2O. The summed E-state index contributed by atoms with van der Waals surface area (Å²) in [5.41, 5.74) is 3.85. The van der Waals surface area contributed by atoms with E-state index in [2.05, 4.69) is 36.0 Å². The van der Waals surface area contributed by atoms with Crippen LogP contribution in [0.2, 0.25) is 0 Å². The zero-order valence-corrected chi connectivity index (χ0v) is 13.3. The van der Waals surface area contributed by atoms with Crippen LogP contribution in [0.4, 0.5) is 11.4 Å². The van der Waals surface area contributed by atoms with Crippen molar-refractivity contribution in [3.8, 4) is 0 Å². The van der Waals surface area contributed by atoms with E-state index in [0.717, 1.165) is 28.6 Å². The Morgan fingerprint density at radius 3 is 2.26 bits per heavy atom. The normalized spacial score (nSPS) is 13.5. The summed E-state index contributed by atoms with van der Waals surface area (Å²) in [5.74, 6) is 0.0742. The van der Waals surface area contributed by atoms with Gasteiger partial charge in [0.05, 0.1) is 6.67 Å². The second-order valence-corrected chi connectivity index (χ2v) is 6.06. The molecular weight excluding hydrogens is 284 g/mol. The molecule has 0 amide bonds. The first-order valence-corrected chi connectivity index (χ1v) is 7.74. The monoisotopic (exact) mass is 302 g/mol. The van der Waals surface area contributed by atoms with Gasteiger partial charge in [0.2, 0.25) is 0 Å². The molecule has 0 saturated heterocycles. The van der Waals surface area contributed by atoms with Gasteiger partial charge in [0, 0.05) is 42.0 Å². The van der Waals surface area contributed by atoms with Crippen LogP contribution in [0.3, 0.4) is 0 Å². The molecule has 3 aromatic rings. The lowest BCUT2D eigenvalue weighted by molar-refractivity contribution is 0.104. The smallest absolute Gasteiger partial charge is 0.193 e. The van der Waals surface area contributed by atoms with E-state index in [9.17, 15) is 4.79 Å². The first-order chi connectivity index (χ1) is 11.2. The summed E-state index contributed by atoms with van der Waals surface area (Å²) in [6.45, 7) is 0.845. The summed E-state index contributed by atoms with van der Waals surface area (Å²) in [6.07, 6.45) is 0. The first kappa shape index (κ1) is 13.8. The van der Waals surface area contributed by atoms with Gasteiger partial charge in [-0.05, 0) is 23.6 Å². The molecule has 1 heterocycles. The predicted molar refractivity (Wildman–Crippen MR) is 95.5 cm³/mol. The van der Waals surface area contributed by atoms with Crippen LogP contribution in [-0.2, 0) is 0 Å². The third-order valence-corrected chi connectivity index (χ3v) is 4.52. The molecule has 0 radical (unpaired) electrons. The number of hydrogen-bond acceptors (Lipinski definition) is 3. The number of hydrogen-bond donors (Lipinski definition) is 0. The maximum atomic E-state index is 12.9. The fourth-order valence-electron chi connectivity index (χ4n) is 3.42. The molecule has 3 aromatic carbocycles. The summed E-state index contributed by atoms with van der Waals surface area (Å²) >= 11 is 0. The van der Waals surface area contributed by atoms with Gasteiger partial charge in [-0.2, -0.15) is 0 Å². The quantitative estimate of drug-likeness (QED) is 0.670. The average molecular weight is 302 g/mol. The lowest BCUT2D eigenvalue weighted by atomic mass is 9.94. The molecule has 0 aromatic heterocycles. The molecule has 0 spiro atoms. The van der Waals surface area contributed by atoms with Crippen molar-refractivity contribution in [2.45, 2.75) is 0 Å². The Morgan fingerprint density at radius 1 is 0.826 bits per heavy atom. The minimum Gasteiger partial charge on any atom is -0.356 e. The summed E-state index contributed by atoms with van der Waals surface area (Å²) in [5, 5.41) is 2.18. The number of benzene rings is 3. The molecule has 4 rings (SSSR count). The third kappa shape index (κ3) is 2.08. The highest BCUT2D eigenvalue weighted by molar-refractivity contribution is 6.20. The molecule has 114 valence electrons. The number of carbonyl (C=O) groups is 1. The van der Waals surface area contributed by atoms with E-state index in [-0.39, 0.29) is 5.78 Å². The standard InChI is InChI=1S/C20H18N2O/c1-21-13-22(2)18-12-11-16(15-9-6-10-17(21)19(15)18)20(23)14-7-4-3-5-8-14/h3-12H,13H2,1-2H3.